The average molecular weight is 1070 g/mol. The Balaban J connectivity index is 0.000000483. The van der Waals surface area contributed by atoms with Crippen LogP contribution in [0, 0.1) is 13.8 Å². The lowest BCUT2D eigenvalue weighted by atomic mass is 10.0. The second kappa shape index (κ2) is 25.5. The highest BCUT2D eigenvalue weighted by Crippen LogP contribution is 2.39. The normalized spacial score (nSPS) is 12.5. The summed E-state index contributed by atoms with van der Waals surface area (Å²) < 4.78 is 36.0. The molecule has 17 heteroatoms. The molecule has 0 aliphatic carbocycles. The van der Waals surface area contributed by atoms with Gasteiger partial charge >= 0.3 is 0 Å². The van der Waals surface area contributed by atoms with Gasteiger partial charge in [0, 0.05) is 34.4 Å². The van der Waals surface area contributed by atoms with Gasteiger partial charge in [0.1, 0.15) is 37.1 Å². The van der Waals surface area contributed by atoms with Gasteiger partial charge in [-0.1, -0.05) is 97.1 Å². The summed E-state index contributed by atoms with van der Waals surface area (Å²) in [4.78, 5) is 11.6. The Labute approximate surface area is 412 Å². The van der Waals surface area contributed by atoms with Crippen LogP contribution in [0.1, 0.15) is 79.0 Å². The molecular weight excluding hydrogens is 989 g/mol. The lowest BCUT2D eigenvalue weighted by molar-refractivity contribution is -0.117. The molecule has 6 N–H and O–H groups in total. The first kappa shape index (κ1) is 60.2. The number of nitrogens with two attached hydrogens (primary N) is 3. The van der Waals surface area contributed by atoms with Crippen molar-refractivity contribution < 1.29 is 32.3 Å². The fraction of sp³-hybridized carbons (Fsp3) is 0.596. The summed E-state index contributed by atoms with van der Waals surface area (Å²) in [5.41, 5.74) is 21.2. The van der Waals surface area contributed by atoms with E-state index >= 15 is 0 Å². The number of ether oxygens (including phenoxy) is 3. The maximum Gasteiger partial charge on any atom is 0.192 e. The molecule has 10 nitrogen and oxygen atoms in total. The zero-order chi connectivity index (χ0) is 49.6. The van der Waals surface area contributed by atoms with E-state index < -0.39 is 25.0 Å². The quantitative estimate of drug-likeness (QED) is 0.0638. The topological polar surface area (TPSA) is 151 Å². The van der Waals surface area contributed by atoms with Gasteiger partial charge in [-0.15, -0.1) is 0 Å². The molecule has 0 heterocycles. The molecule has 0 saturated carbocycles. The van der Waals surface area contributed by atoms with Gasteiger partial charge in [0.05, 0.1) is 41.4 Å². The lowest BCUT2D eigenvalue weighted by Crippen LogP contribution is -2.41. The van der Waals surface area contributed by atoms with Gasteiger partial charge in [0.15, 0.2) is 30.7 Å². The zero-order valence-corrected chi connectivity index (χ0v) is 48.6. The number of Topliss-reactive ketones (excluding diaryl/α,β-unsaturated/α-hetero) is 1. The Morgan fingerprint density at radius 2 is 0.875 bits per heavy atom. The summed E-state index contributed by atoms with van der Waals surface area (Å²) in [5, 5.41) is 2.25. The number of ketones is 1. The Hall–Kier alpha value is -1.83. The average Bonchev–Trinajstić information content (AvgIpc) is 3.15. The highest BCUT2D eigenvalue weighted by Gasteiger charge is 2.38. The molecule has 64 heavy (non-hydrogen) atoms. The van der Waals surface area contributed by atoms with Crippen molar-refractivity contribution in [3.05, 3.63) is 72.6 Å². The Bertz CT molecular complexity index is 1880. The maximum absolute atomic E-state index is 11.6. The van der Waals surface area contributed by atoms with Gasteiger partial charge in [-0.05, 0) is 125 Å². The van der Waals surface area contributed by atoms with Crippen LogP contribution in [-0.4, -0.2) is 76.9 Å². The number of anilines is 2. The second-order valence-electron chi connectivity index (χ2n) is 20.4. The molecule has 0 atom stereocenters. The summed E-state index contributed by atoms with van der Waals surface area (Å²) in [6.45, 7) is 40.2. The molecule has 364 valence electrons. The molecule has 0 fully saturated rings. The fourth-order valence-electron chi connectivity index (χ4n) is 4.71. The molecule has 0 aliphatic heterocycles. The number of benzene rings is 3. The van der Waals surface area contributed by atoms with Crippen molar-refractivity contribution in [1.82, 2.24) is 0 Å². The summed E-state index contributed by atoms with van der Waals surface area (Å²) in [6, 6.07) is 10.7. The van der Waals surface area contributed by atoms with Gasteiger partial charge in [-0.3, -0.25) is 4.79 Å². The molecule has 0 radical (unpaired) electrons. The molecule has 0 amide bonds. The Morgan fingerprint density at radius 3 is 1.23 bits per heavy atom. The third kappa shape index (κ3) is 19.8. The summed E-state index contributed by atoms with van der Waals surface area (Å²) >= 11 is 21.8. The SMILES string of the molecule is CC(C)(C)[Si](C)(C)OCCOc1cc(N)c(Br)cc1Cl.Cc1cc(Cl)c(OCCO[Si](C)(C)C(C)(C)C)cc1CC(=O)CN.Cc1cc(Cl)c(OCCO[Si](C)(C)C(C)(C)C)cc1N. The van der Waals surface area contributed by atoms with E-state index in [1.165, 1.54) is 0 Å². The molecule has 3 rings (SSSR count). The number of halogens is 4. The molecule has 0 unspecified atom stereocenters. The predicted molar refractivity (Wildman–Crippen MR) is 284 cm³/mol. The van der Waals surface area contributed by atoms with Crippen LogP contribution in [0.3, 0.4) is 0 Å². The maximum atomic E-state index is 11.6. The number of carbonyl (C=O) groups excluding carboxylic acids is 1. The van der Waals surface area contributed by atoms with Crippen LogP contribution in [0.5, 0.6) is 17.2 Å². The molecule has 0 spiro atoms. The van der Waals surface area contributed by atoms with Gasteiger partial charge in [-0.25, -0.2) is 0 Å². The number of hydrogen-bond acceptors (Lipinski definition) is 10. The predicted octanol–water partition coefficient (Wildman–Crippen LogP) is 13.8. The van der Waals surface area contributed by atoms with Crippen LogP contribution in [-0.2, 0) is 24.5 Å². The van der Waals surface area contributed by atoms with E-state index in [0.29, 0.717) is 89.8 Å². The van der Waals surface area contributed by atoms with E-state index in [9.17, 15) is 4.79 Å². The van der Waals surface area contributed by atoms with Crippen molar-refractivity contribution in [2.45, 2.75) is 137 Å². The molecule has 3 aromatic carbocycles. The van der Waals surface area contributed by atoms with Crippen molar-refractivity contribution in [2.75, 3.05) is 57.7 Å². The van der Waals surface area contributed by atoms with Gasteiger partial charge in [0.2, 0.25) is 0 Å². The molecule has 0 aliphatic rings. The minimum absolute atomic E-state index is 0.00682. The number of aryl methyl sites for hydroxylation is 2. The molecule has 0 aromatic heterocycles. The largest absolute Gasteiger partial charge is 0.490 e. The summed E-state index contributed by atoms with van der Waals surface area (Å²) in [6.07, 6.45) is 0.302. The first-order valence-corrected chi connectivity index (χ1v) is 32.3. The van der Waals surface area contributed by atoms with E-state index in [1.54, 1.807) is 18.2 Å². The van der Waals surface area contributed by atoms with Crippen molar-refractivity contribution in [3.63, 3.8) is 0 Å². The van der Waals surface area contributed by atoms with Gasteiger partial charge in [0.25, 0.3) is 0 Å². The second-order valence-corrected chi connectivity index (χ2v) is 36.9. The van der Waals surface area contributed by atoms with Crippen LogP contribution >= 0.6 is 50.7 Å². The summed E-state index contributed by atoms with van der Waals surface area (Å²) in [5.74, 6) is 1.79. The smallest absolute Gasteiger partial charge is 0.192 e. The number of nitrogen functional groups attached to an aromatic ring is 2. The first-order valence-electron chi connectivity index (χ1n) is 21.7. The number of carbonyl (C=O) groups is 1. The summed E-state index contributed by atoms with van der Waals surface area (Å²) in [7, 11) is -5.21. The standard InChI is InChI=1S/C18H30ClNO3Si.C15H26ClNO2Si.C14H23BrClNO2Si/c1-13-9-16(19)17(11-14(13)10-15(21)12-20)22-7-8-23-24(5,6)18(2,3)4;1-11-9-12(16)14(10-13(11)17)18-7-8-19-20(5,6)15(2,3)4;1-14(2,3)20(4,5)19-7-6-18-13-9-12(17)10(15)8-11(13)16/h9,11H,7-8,10,12,20H2,1-6H3;9-10H,7-8,17H2,1-6H3;8-9H,6-7,17H2,1-5H3. The van der Waals surface area contributed by atoms with Crippen molar-refractivity contribution in [3.8, 4) is 17.2 Å². The van der Waals surface area contributed by atoms with Crippen LogP contribution in [0.25, 0.3) is 0 Å². The van der Waals surface area contributed by atoms with Crippen molar-refractivity contribution in [1.29, 1.82) is 0 Å². The highest BCUT2D eigenvalue weighted by atomic mass is 79.9. The van der Waals surface area contributed by atoms with Crippen LogP contribution in [0.2, 0.25) is 69.5 Å². The minimum atomic E-state index is -1.77. The van der Waals surface area contributed by atoms with E-state index in [1.807, 2.05) is 32.0 Å². The number of hydrogen-bond donors (Lipinski definition) is 3. The highest BCUT2D eigenvalue weighted by molar-refractivity contribution is 9.10. The van der Waals surface area contributed by atoms with Gasteiger partial charge in [-0.2, -0.15) is 0 Å². The molecule has 3 aromatic rings. The van der Waals surface area contributed by atoms with E-state index in [2.05, 4.69) is 118 Å². The first-order chi connectivity index (χ1) is 29.1. The lowest BCUT2D eigenvalue weighted by Gasteiger charge is -2.36. The van der Waals surface area contributed by atoms with E-state index in [4.69, 9.17) is 79.5 Å². The number of rotatable bonds is 18. The van der Waals surface area contributed by atoms with Gasteiger partial charge < -0.3 is 44.7 Å². The minimum Gasteiger partial charge on any atom is -0.490 e. The fourth-order valence-corrected chi connectivity index (χ4v) is 9.03. The monoisotopic (exact) mass is 1070 g/mol. The third-order valence-corrected chi connectivity index (χ3v) is 27.4. The van der Waals surface area contributed by atoms with Crippen LogP contribution < -0.4 is 31.4 Å². The molecular formula is C47H79BrCl3N3O7Si3. The molecule has 0 bridgehead atoms. The van der Waals surface area contributed by atoms with Crippen LogP contribution in [0.4, 0.5) is 11.4 Å². The van der Waals surface area contributed by atoms with Crippen LogP contribution in [0.15, 0.2) is 40.9 Å². The van der Waals surface area contributed by atoms with Crippen molar-refractivity contribution >= 4 is 92.8 Å². The van der Waals surface area contributed by atoms with E-state index in [-0.39, 0.29) is 27.4 Å². The third-order valence-electron chi connectivity index (χ3n) is 12.2. The Kier molecular flexibility index (Phi) is 24.0. The Morgan fingerprint density at radius 1 is 0.547 bits per heavy atom. The molecule has 0 saturated heterocycles. The van der Waals surface area contributed by atoms with Crippen molar-refractivity contribution in [2.24, 2.45) is 5.73 Å². The van der Waals surface area contributed by atoms with E-state index in [0.717, 1.165) is 21.2 Å². The zero-order valence-electron chi connectivity index (χ0n) is 41.7.